The van der Waals surface area contributed by atoms with Gasteiger partial charge in [0.2, 0.25) is 0 Å². The van der Waals surface area contributed by atoms with Crippen LogP contribution < -0.4 is 10.4 Å². The highest BCUT2D eigenvalue weighted by atomic mass is 15.5. The van der Waals surface area contributed by atoms with E-state index in [9.17, 15) is 0 Å². The highest BCUT2D eigenvalue weighted by molar-refractivity contribution is 5.58. The second kappa shape index (κ2) is 14.5. The average molecular weight is 493 g/mol. The van der Waals surface area contributed by atoms with E-state index in [1.54, 1.807) is 0 Å². The first-order chi connectivity index (χ1) is 18.3. The van der Waals surface area contributed by atoms with Gasteiger partial charge in [0.25, 0.3) is 0 Å². The van der Waals surface area contributed by atoms with Gasteiger partial charge in [0, 0.05) is 0 Å². The zero-order valence-corrected chi connectivity index (χ0v) is 22.8. The molecule has 4 rings (SSSR count). The molecule has 194 valence electrons. The van der Waals surface area contributed by atoms with Crippen molar-refractivity contribution < 1.29 is 0 Å². The summed E-state index contributed by atoms with van der Waals surface area (Å²) in [6, 6.07) is 29.1. The Morgan fingerprint density at radius 3 is 1.84 bits per heavy atom. The Bertz CT molecular complexity index is 1110. The third-order valence-corrected chi connectivity index (χ3v) is 7.29. The number of aryl methyl sites for hydroxylation is 2. The SMILES string of the molecule is CCCCCCc1ccc(C=CC2=CC(c3ccc(CCCCCC)cc3)N(c3ccccc3)N2)cc1. The normalized spacial score (nSPS) is 15.2. The number of benzene rings is 3. The van der Waals surface area contributed by atoms with Crippen molar-refractivity contribution in [3.8, 4) is 0 Å². The number of nitrogens with one attached hydrogen (secondary N) is 1. The van der Waals surface area contributed by atoms with Crippen molar-refractivity contribution in [2.45, 2.75) is 84.1 Å². The fraction of sp³-hybridized carbons (Fsp3) is 0.371. The van der Waals surface area contributed by atoms with Crippen molar-refractivity contribution in [2.75, 3.05) is 5.01 Å². The van der Waals surface area contributed by atoms with Crippen LogP contribution in [0.3, 0.4) is 0 Å². The third kappa shape index (κ3) is 8.12. The number of nitrogens with zero attached hydrogens (tertiary/aromatic N) is 1. The third-order valence-electron chi connectivity index (χ3n) is 7.29. The maximum absolute atomic E-state index is 3.65. The Labute approximate surface area is 225 Å². The molecule has 3 aromatic rings. The number of rotatable bonds is 14. The van der Waals surface area contributed by atoms with E-state index in [1.165, 1.54) is 92.1 Å². The quantitative estimate of drug-likeness (QED) is 0.225. The lowest BCUT2D eigenvalue weighted by molar-refractivity contribution is 0.666. The van der Waals surface area contributed by atoms with Gasteiger partial charge in [0.15, 0.2) is 0 Å². The maximum Gasteiger partial charge on any atom is 0.0958 e. The zero-order valence-electron chi connectivity index (χ0n) is 22.8. The lowest BCUT2D eigenvalue weighted by atomic mass is 10.0. The molecular formula is C35H44N2. The van der Waals surface area contributed by atoms with Crippen molar-refractivity contribution in [1.29, 1.82) is 0 Å². The van der Waals surface area contributed by atoms with Gasteiger partial charge in [-0.05, 0) is 72.2 Å². The number of para-hydroxylation sites is 1. The molecule has 1 atom stereocenters. The van der Waals surface area contributed by atoms with Crippen LogP contribution in [0.5, 0.6) is 0 Å². The summed E-state index contributed by atoms with van der Waals surface area (Å²) in [5, 5.41) is 2.27. The first-order valence-electron chi connectivity index (χ1n) is 14.5. The molecule has 1 N–H and O–H groups in total. The van der Waals surface area contributed by atoms with E-state index >= 15 is 0 Å². The molecule has 1 unspecified atom stereocenters. The summed E-state index contributed by atoms with van der Waals surface area (Å²) in [6.07, 6.45) is 19.6. The van der Waals surface area contributed by atoms with Gasteiger partial charge in [-0.3, -0.25) is 10.4 Å². The molecule has 3 aromatic carbocycles. The fourth-order valence-corrected chi connectivity index (χ4v) is 5.02. The number of allylic oxidation sites excluding steroid dienone is 1. The summed E-state index contributed by atoms with van der Waals surface area (Å²) >= 11 is 0. The van der Waals surface area contributed by atoms with Crippen LogP contribution in [0.25, 0.3) is 6.08 Å². The molecule has 2 heteroatoms. The van der Waals surface area contributed by atoms with E-state index in [2.05, 4.69) is 121 Å². The summed E-state index contributed by atoms with van der Waals surface area (Å²) in [6.45, 7) is 4.54. The van der Waals surface area contributed by atoms with Gasteiger partial charge in [-0.25, -0.2) is 0 Å². The topological polar surface area (TPSA) is 15.3 Å². The minimum atomic E-state index is 0.154. The predicted molar refractivity (Wildman–Crippen MR) is 160 cm³/mol. The smallest absolute Gasteiger partial charge is 0.0958 e. The van der Waals surface area contributed by atoms with Gasteiger partial charge in [-0.15, -0.1) is 0 Å². The Morgan fingerprint density at radius 1 is 0.649 bits per heavy atom. The molecule has 0 saturated heterocycles. The largest absolute Gasteiger partial charge is 0.298 e. The standard InChI is InChI=1S/C35H44N2/c1-3-5-7-10-14-29-18-20-31(21-19-29)24-27-33-28-35(37(36-33)34-16-12-9-13-17-34)32-25-22-30(23-26-32)15-11-8-6-4-2/h9,12-13,16-28,35-36H,3-8,10-11,14-15H2,1-2H3. The molecule has 37 heavy (non-hydrogen) atoms. The highest BCUT2D eigenvalue weighted by Gasteiger charge is 2.25. The van der Waals surface area contributed by atoms with Crippen LogP contribution in [0.4, 0.5) is 5.69 Å². The van der Waals surface area contributed by atoms with E-state index in [4.69, 9.17) is 0 Å². The molecule has 0 aliphatic carbocycles. The van der Waals surface area contributed by atoms with Crippen LogP contribution in [0.1, 0.15) is 93.5 Å². The summed E-state index contributed by atoms with van der Waals surface area (Å²) in [5.74, 6) is 0. The second-order valence-electron chi connectivity index (χ2n) is 10.3. The number of hydrogen-bond donors (Lipinski definition) is 1. The first kappa shape index (κ1) is 26.8. The summed E-state index contributed by atoms with van der Waals surface area (Å²) < 4.78 is 0. The van der Waals surface area contributed by atoms with E-state index in [0.29, 0.717) is 0 Å². The predicted octanol–water partition coefficient (Wildman–Crippen LogP) is 9.60. The Hall–Kier alpha value is -3.26. The maximum atomic E-state index is 3.65. The Morgan fingerprint density at radius 2 is 1.24 bits per heavy atom. The Kier molecular flexibility index (Phi) is 10.5. The summed E-state index contributed by atoms with van der Waals surface area (Å²) in [5.41, 5.74) is 11.4. The van der Waals surface area contributed by atoms with Gasteiger partial charge < -0.3 is 0 Å². The molecule has 1 aliphatic heterocycles. The lowest BCUT2D eigenvalue weighted by Gasteiger charge is -2.27. The van der Waals surface area contributed by atoms with Crippen molar-refractivity contribution in [1.82, 2.24) is 5.43 Å². The lowest BCUT2D eigenvalue weighted by Crippen LogP contribution is -2.33. The van der Waals surface area contributed by atoms with E-state index in [1.807, 2.05) is 0 Å². The fourth-order valence-electron chi connectivity index (χ4n) is 5.02. The average Bonchev–Trinajstić information content (AvgIpc) is 3.38. The van der Waals surface area contributed by atoms with Crippen LogP contribution >= 0.6 is 0 Å². The summed E-state index contributed by atoms with van der Waals surface area (Å²) in [4.78, 5) is 0. The number of hydrogen-bond acceptors (Lipinski definition) is 2. The van der Waals surface area contributed by atoms with Gasteiger partial charge in [-0.2, -0.15) is 0 Å². The molecule has 0 spiro atoms. The Balaban J connectivity index is 1.44. The molecular weight excluding hydrogens is 448 g/mol. The van der Waals surface area contributed by atoms with Crippen LogP contribution in [-0.4, -0.2) is 0 Å². The molecule has 0 radical (unpaired) electrons. The molecule has 0 aromatic heterocycles. The molecule has 1 heterocycles. The number of unbranched alkanes of at least 4 members (excludes halogenated alkanes) is 6. The monoisotopic (exact) mass is 492 g/mol. The minimum Gasteiger partial charge on any atom is -0.298 e. The molecule has 1 aliphatic rings. The molecule has 0 amide bonds. The number of anilines is 1. The van der Waals surface area contributed by atoms with Crippen molar-refractivity contribution in [3.05, 3.63) is 119 Å². The zero-order chi connectivity index (χ0) is 25.7. The molecule has 0 fully saturated rings. The first-order valence-corrected chi connectivity index (χ1v) is 14.5. The van der Waals surface area contributed by atoms with E-state index < -0.39 is 0 Å². The minimum absolute atomic E-state index is 0.154. The van der Waals surface area contributed by atoms with Gasteiger partial charge in [-0.1, -0.05) is 125 Å². The second-order valence-corrected chi connectivity index (χ2v) is 10.3. The van der Waals surface area contributed by atoms with E-state index in [-0.39, 0.29) is 6.04 Å². The van der Waals surface area contributed by atoms with Crippen LogP contribution in [0.2, 0.25) is 0 Å². The summed E-state index contributed by atoms with van der Waals surface area (Å²) in [7, 11) is 0. The molecule has 0 saturated carbocycles. The van der Waals surface area contributed by atoms with Crippen molar-refractivity contribution >= 4 is 11.8 Å². The van der Waals surface area contributed by atoms with E-state index in [0.717, 1.165) is 5.70 Å². The van der Waals surface area contributed by atoms with Crippen molar-refractivity contribution in [2.24, 2.45) is 0 Å². The van der Waals surface area contributed by atoms with Crippen LogP contribution in [-0.2, 0) is 12.8 Å². The highest BCUT2D eigenvalue weighted by Crippen LogP contribution is 2.32. The molecule has 2 nitrogen and oxygen atoms in total. The van der Waals surface area contributed by atoms with Crippen LogP contribution in [0.15, 0.2) is 96.7 Å². The van der Waals surface area contributed by atoms with Gasteiger partial charge in [0.05, 0.1) is 17.4 Å². The molecule has 0 bridgehead atoms. The number of hydrazine groups is 1. The van der Waals surface area contributed by atoms with Crippen LogP contribution in [0, 0.1) is 0 Å². The van der Waals surface area contributed by atoms with Crippen molar-refractivity contribution in [3.63, 3.8) is 0 Å². The van der Waals surface area contributed by atoms with Gasteiger partial charge in [0.1, 0.15) is 0 Å². The van der Waals surface area contributed by atoms with Gasteiger partial charge >= 0.3 is 0 Å².